The molecule has 1 aliphatic heterocycles. The number of benzene rings is 1. The number of carbonyl (C=O) groups excluding carboxylic acids is 1. The molecule has 21 heavy (non-hydrogen) atoms. The number of carboxylic acid groups (broad SMARTS) is 1. The van der Waals surface area contributed by atoms with Crippen LogP contribution in [0.4, 0.5) is 0 Å². The predicted octanol–water partition coefficient (Wildman–Crippen LogP) is 1.59. The van der Waals surface area contributed by atoms with E-state index < -0.39 is 18.1 Å². The summed E-state index contributed by atoms with van der Waals surface area (Å²) in [4.78, 5) is 23.3. The van der Waals surface area contributed by atoms with Crippen molar-refractivity contribution in [3.8, 4) is 0 Å². The molecule has 2 N–H and O–H groups in total. The molecule has 1 heterocycles. The first-order chi connectivity index (χ1) is 9.97. The third-order valence-corrected chi connectivity index (χ3v) is 3.85. The molecule has 0 saturated carbocycles. The van der Waals surface area contributed by atoms with Gasteiger partial charge in [0.05, 0.1) is 0 Å². The van der Waals surface area contributed by atoms with E-state index in [1.165, 1.54) is 0 Å². The van der Waals surface area contributed by atoms with Gasteiger partial charge in [-0.05, 0) is 43.4 Å². The van der Waals surface area contributed by atoms with E-state index in [2.05, 4.69) is 5.32 Å². The maximum atomic E-state index is 12.0. The number of hydrogen-bond acceptors (Lipinski definition) is 3. The van der Waals surface area contributed by atoms with E-state index in [1.807, 2.05) is 32.0 Å². The molecule has 1 aliphatic rings. The highest BCUT2D eigenvalue weighted by Gasteiger charge is 2.28. The summed E-state index contributed by atoms with van der Waals surface area (Å²) in [5.74, 6) is -1.36. The van der Waals surface area contributed by atoms with Crippen LogP contribution in [-0.4, -0.2) is 35.7 Å². The number of carbonyl (C=O) groups is 2. The fourth-order valence-electron chi connectivity index (χ4n) is 2.42. The van der Waals surface area contributed by atoms with Crippen molar-refractivity contribution >= 4 is 11.9 Å². The lowest BCUT2D eigenvalue weighted by molar-refractivity contribution is -0.143. The molecule has 114 valence electrons. The standard InChI is InChI=1S/C16H21NO4/c1-10-5-6-12(8-11(10)2)9-13(16(19)20)17-15(18)14-4-3-7-21-14/h5-6,8,13-14H,3-4,7,9H2,1-2H3,(H,17,18)(H,19,20)/t13-,14-/m1/s1. The van der Waals surface area contributed by atoms with Gasteiger partial charge in [0.15, 0.2) is 0 Å². The smallest absolute Gasteiger partial charge is 0.326 e. The largest absolute Gasteiger partial charge is 0.480 e. The van der Waals surface area contributed by atoms with Gasteiger partial charge in [-0.25, -0.2) is 4.79 Å². The average molecular weight is 291 g/mol. The summed E-state index contributed by atoms with van der Waals surface area (Å²) in [6, 6.07) is 4.90. The first-order valence-electron chi connectivity index (χ1n) is 7.18. The Morgan fingerprint density at radius 3 is 2.71 bits per heavy atom. The Hall–Kier alpha value is -1.88. The van der Waals surface area contributed by atoms with Gasteiger partial charge in [-0.15, -0.1) is 0 Å². The molecule has 1 aromatic carbocycles. The molecule has 0 aromatic heterocycles. The number of ether oxygens (including phenoxy) is 1. The highest BCUT2D eigenvalue weighted by molar-refractivity contribution is 5.86. The van der Waals surface area contributed by atoms with E-state index in [0.29, 0.717) is 13.0 Å². The Morgan fingerprint density at radius 2 is 2.14 bits per heavy atom. The summed E-state index contributed by atoms with van der Waals surface area (Å²) < 4.78 is 5.28. The Morgan fingerprint density at radius 1 is 1.38 bits per heavy atom. The number of amides is 1. The molecule has 2 rings (SSSR count). The van der Waals surface area contributed by atoms with Crippen LogP contribution in [0.3, 0.4) is 0 Å². The molecule has 1 fully saturated rings. The Kier molecular flexibility index (Phi) is 4.96. The van der Waals surface area contributed by atoms with E-state index in [0.717, 1.165) is 23.1 Å². The number of aryl methyl sites for hydroxylation is 2. The molecular weight excluding hydrogens is 270 g/mol. The zero-order valence-electron chi connectivity index (χ0n) is 12.4. The monoisotopic (exact) mass is 291 g/mol. The predicted molar refractivity (Wildman–Crippen MR) is 78.2 cm³/mol. The normalized spacial score (nSPS) is 19.2. The molecule has 1 aromatic rings. The van der Waals surface area contributed by atoms with E-state index >= 15 is 0 Å². The van der Waals surface area contributed by atoms with Gasteiger partial charge in [0, 0.05) is 13.0 Å². The molecule has 2 atom stereocenters. The minimum Gasteiger partial charge on any atom is -0.480 e. The van der Waals surface area contributed by atoms with Crippen LogP contribution < -0.4 is 5.32 Å². The van der Waals surface area contributed by atoms with E-state index in [-0.39, 0.29) is 12.3 Å². The molecule has 0 aliphatic carbocycles. The lowest BCUT2D eigenvalue weighted by atomic mass is 10.0. The first-order valence-corrected chi connectivity index (χ1v) is 7.18. The van der Waals surface area contributed by atoms with Crippen molar-refractivity contribution in [2.24, 2.45) is 0 Å². The fourth-order valence-corrected chi connectivity index (χ4v) is 2.42. The van der Waals surface area contributed by atoms with Crippen molar-refractivity contribution in [2.75, 3.05) is 6.61 Å². The maximum Gasteiger partial charge on any atom is 0.326 e. The van der Waals surface area contributed by atoms with Crippen molar-refractivity contribution in [3.63, 3.8) is 0 Å². The van der Waals surface area contributed by atoms with Crippen molar-refractivity contribution in [3.05, 3.63) is 34.9 Å². The Balaban J connectivity index is 2.03. The average Bonchev–Trinajstić information content (AvgIpc) is 2.96. The number of rotatable bonds is 5. The molecule has 5 nitrogen and oxygen atoms in total. The second-order valence-corrected chi connectivity index (χ2v) is 5.52. The quantitative estimate of drug-likeness (QED) is 0.864. The molecule has 0 bridgehead atoms. The van der Waals surface area contributed by atoms with Gasteiger partial charge >= 0.3 is 5.97 Å². The van der Waals surface area contributed by atoms with E-state index in [9.17, 15) is 14.7 Å². The zero-order valence-corrected chi connectivity index (χ0v) is 12.4. The third-order valence-electron chi connectivity index (χ3n) is 3.85. The Labute approximate surface area is 124 Å². The lowest BCUT2D eigenvalue weighted by Gasteiger charge is -2.17. The third kappa shape index (κ3) is 4.04. The molecular formula is C16H21NO4. The van der Waals surface area contributed by atoms with Crippen LogP contribution in [0.25, 0.3) is 0 Å². The first kappa shape index (κ1) is 15.5. The van der Waals surface area contributed by atoms with Crippen LogP contribution in [-0.2, 0) is 20.7 Å². The number of carboxylic acids is 1. The van der Waals surface area contributed by atoms with E-state index in [4.69, 9.17) is 4.74 Å². The minimum atomic E-state index is -1.03. The van der Waals surface area contributed by atoms with Crippen LogP contribution >= 0.6 is 0 Å². The molecule has 5 heteroatoms. The van der Waals surface area contributed by atoms with Crippen LogP contribution in [0.5, 0.6) is 0 Å². The molecule has 0 radical (unpaired) electrons. The van der Waals surface area contributed by atoms with E-state index in [1.54, 1.807) is 0 Å². The highest BCUT2D eigenvalue weighted by atomic mass is 16.5. The molecule has 0 spiro atoms. The van der Waals surface area contributed by atoms with Crippen molar-refractivity contribution < 1.29 is 19.4 Å². The minimum absolute atomic E-state index is 0.273. The van der Waals surface area contributed by atoms with Crippen LogP contribution in [0.15, 0.2) is 18.2 Å². The Bertz CT molecular complexity index is 535. The number of nitrogens with one attached hydrogen (secondary N) is 1. The van der Waals surface area contributed by atoms with Crippen molar-refractivity contribution in [1.29, 1.82) is 0 Å². The topological polar surface area (TPSA) is 75.6 Å². The molecule has 1 saturated heterocycles. The fraction of sp³-hybridized carbons (Fsp3) is 0.500. The van der Waals surface area contributed by atoms with Gasteiger partial charge in [0.2, 0.25) is 5.91 Å². The van der Waals surface area contributed by atoms with Gasteiger partial charge in [-0.3, -0.25) is 4.79 Å². The second-order valence-electron chi connectivity index (χ2n) is 5.52. The number of hydrogen-bond donors (Lipinski definition) is 2. The summed E-state index contributed by atoms with van der Waals surface area (Å²) in [6.45, 7) is 4.56. The van der Waals surface area contributed by atoms with Crippen LogP contribution in [0.2, 0.25) is 0 Å². The van der Waals surface area contributed by atoms with Gasteiger partial charge in [-0.2, -0.15) is 0 Å². The van der Waals surface area contributed by atoms with Crippen LogP contribution in [0.1, 0.15) is 29.5 Å². The van der Waals surface area contributed by atoms with Gasteiger partial charge < -0.3 is 15.2 Å². The summed E-state index contributed by atoms with van der Waals surface area (Å²) >= 11 is 0. The van der Waals surface area contributed by atoms with Crippen molar-refractivity contribution in [1.82, 2.24) is 5.32 Å². The van der Waals surface area contributed by atoms with Gasteiger partial charge in [0.25, 0.3) is 0 Å². The summed E-state index contributed by atoms with van der Waals surface area (Å²) in [7, 11) is 0. The lowest BCUT2D eigenvalue weighted by Crippen LogP contribution is -2.46. The van der Waals surface area contributed by atoms with Crippen molar-refractivity contribution in [2.45, 2.75) is 45.3 Å². The molecule has 0 unspecified atom stereocenters. The highest BCUT2D eigenvalue weighted by Crippen LogP contribution is 2.14. The van der Waals surface area contributed by atoms with Gasteiger partial charge in [0.1, 0.15) is 12.1 Å². The summed E-state index contributed by atoms with van der Waals surface area (Å²) in [5.41, 5.74) is 3.18. The number of aliphatic carboxylic acids is 1. The zero-order chi connectivity index (χ0) is 15.4. The summed E-state index contributed by atoms with van der Waals surface area (Å²) in [5, 5.41) is 11.9. The molecule has 1 amide bonds. The van der Waals surface area contributed by atoms with Gasteiger partial charge in [-0.1, -0.05) is 18.2 Å². The maximum absolute atomic E-state index is 12.0. The van der Waals surface area contributed by atoms with Crippen LogP contribution in [0, 0.1) is 13.8 Å². The summed E-state index contributed by atoms with van der Waals surface area (Å²) in [6.07, 6.45) is 1.26. The second kappa shape index (κ2) is 6.72. The SMILES string of the molecule is Cc1ccc(C[C@@H](NC(=O)[C@H]2CCCO2)C(=O)O)cc1C.